The minimum absolute atomic E-state index is 0.00708. The average Bonchev–Trinajstić information content (AvgIpc) is 2.28. The van der Waals surface area contributed by atoms with Gasteiger partial charge in [-0.15, -0.1) is 0 Å². The summed E-state index contributed by atoms with van der Waals surface area (Å²) in [5.74, 6) is 0. The standard InChI is InChI=1S/C8H16N2O2/c1-7-6-10(8(11)9-2)4-3-5-12-7/h7H,3-6H2,1-2H3,(H,9,11). The maximum absolute atomic E-state index is 11.2. The maximum atomic E-state index is 11.2. The van der Waals surface area contributed by atoms with Gasteiger partial charge in [0.1, 0.15) is 0 Å². The molecule has 2 amide bonds. The van der Waals surface area contributed by atoms with Crippen molar-refractivity contribution in [2.75, 3.05) is 26.7 Å². The van der Waals surface area contributed by atoms with Gasteiger partial charge in [0.2, 0.25) is 0 Å². The maximum Gasteiger partial charge on any atom is 0.317 e. The third-order valence-corrected chi connectivity index (χ3v) is 1.95. The molecule has 0 aliphatic carbocycles. The first-order valence-corrected chi connectivity index (χ1v) is 4.32. The molecule has 0 aromatic carbocycles. The van der Waals surface area contributed by atoms with Crippen LogP contribution in [0, 0.1) is 0 Å². The van der Waals surface area contributed by atoms with Crippen LogP contribution in [0.2, 0.25) is 0 Å². The fraction of sp³-hybridized carbons (Fsp3) is 0.875. The SMILES string of the molecule is CNC(=O)N1CCCOC(C)C1. The van der Waals surface area contributed by atoms with Crippen LogP contribution in [-0.2, 0) is 4.74 Å². The first kappa shape index (κ1) is 9.32. The number of nitrogens with one attached hydrogen (secondary N) is 1. The molecular weight excluding hydrogens is 156 g/mol. The summed E-state index contributed by atoms with van der Waals surface area (Å²) in [6, 6.07) is -0.00708. The largest absolute Gasteiger partial charge is 0.377 e. The molecule has 4 heteroatoms. The Labute approximate surface area is 72.9 Å². The van der Waals surface area contributed by atoms with Crippen LogP contribution >= 0.6 is 0 Å². The molecule has 0 bridgehead atoms. The van der Waals surface area contributed by atoms with Crippen molar-refractivity contribution in [1.29, 1.82) is 0 Å². The van der Waals surface area contributed by atoms with Gasteiger partial charge < -0.3 is 15.0 Å². The summed E-state index contributed by atoms with van der Waals surface area (Å²) < 4.78 is 5.41. The van der Waals surface area contributed by atoms with E-state index >= 15 is 0 Å². The topological polar surface area (TPSA) is 41.6 Å². The second-order valence-corrected chi connectivity index (χ2v) is 3.04. The van der Waals surface area contributed by atoms with Crippen molar-refractivity contribution in [3.8, 4) is 0 Å². The van der Waals surface area contributed by atoms with Gasteiger partial charge in [0.05, 0.1) is 6.10 Å². The van der Waals surface area contributed by atoms with E-state index in [1.807, 2.05) is 6.92 Å². The molecule has 0 saturated carbocycles. The molecule has 4 nitrogen and oxygen atoms in total. The summed E-state index contributed by atoms with van der Waals surface area (Å²) in [5, 5.41) is 2.61. The van der Waals surface area contributed by atoms with Gasteiger partial charge in [-0.1, -0.05) is 0 Å². The fourth-order valence-corrected chi connectivity index (χ4v) is 1.34. The minimum atomic E-state index is -0.00708. The van der Waals surface area contributed by atoms with Crippen LogP contribution < -0.4 is 5.32 Å². The molecule has 1 aliphatic heterocycles. The lowest BCUT2D eigenvalue weighted by atomic mass is 10.3. The number of hydrogen-bond acceptors (Lipinski definition) is 2. The number of carbonyl (C=O) groups is 1. The van der Waals surface area contributed by atoms with Crippen LogP contribution in [0.3, 0.4) is 0 Å². The lowest BCUT2D eigenvalue weighted by Gasteiger charge is -2.21. The second kappa shape index (κ2) is 4.30. The van der Waals surface area contributed by atoms with Gasteiger partial charge in [0.15, 0.2) is 0 Å². The molecule has 1 fully saturated rings. The van der Waals surface area contributed by atoms with Gasteiger partial charge in [0, 0.05) is 26.7 Å². The van der Waals surface area contributed by atoms with E-state index in [9.17, 15) is 4.79 Å². The van der Waals surface area contributed by atoms with E-state index in [4.69, 9.17) is 4.74 Å². The number of carbonyl (C=O) groups excluding carboxylic acids is 1. The quantitative estimate of drug-likeness (QED) is 0.576. The highest BCUT2D eigenvalue weighted by Gasteiger charge is 2.18. The first-order chi connectivity index (χ1) is 5.74. The molecule has 1 saturated heterocycles. The Kier molecular flexibility index (Phi) is 3.34. The molecule has 1 N–H and O–H groups in total. The first-order valence-electron chi connectivity index (χ1n) is 4.32. The van der Waals surface area contributed by atoms with Crippen molar-refractivity contribution in [1.82, 2.24) is 10.2 Å². The molecule has 12 heavy (non-hydrogen) atoms. The van der Waals surface area contributed by atoms with Gasteiger partial charge in [-0.05, 0) is 13.3 Å². The smallest absolute Gasteiger partial charge is 0.317 e. The van der Waals surface area contributed by atoms with Crippen LogP contribution in [0.25, 0.3) is 0 Å². The normalized spacial score (nSPS) is 24.8. The average molecular weight is 172 g/mol. The molecule has 1 atom stereocenters. The Hall–Kier alpha value is -0.770. The Balaban J connectivity index is 2.46. The van der Waals surface area contributed by atoms with Crippen LogP contribution in [0.5, 0.6) is 0 Å². The molecule has 1 aliphatic rings. The van der Waals surface area contributed by atoms with Crippen LogP contribution in [0.1, 0.15) is 13.3 Å². The van der Waals surface area contributed by atoms with E-state index in [0.29, 0.717) is 6.54 Å². The van der Waals surface area contributed by atoms with Gasteiger partial charge in [-0.25, -0.2) is 4.79 Å². The lowest BCUT2D eigenvalue weighted by Crippen LogP contribution is -2.41. The zero-order valence-corrected chi connectivity index (χ0v) is 7.67. The number of nitrogens with zero attached hydrogens (tertiary/aromatic N) is 1. The lowest BCUT2D eigenvalue weighted by molar-refractivity contribution is 0.0712. The molecule has 0 radical (unpaired) electrons. The van der Waals surface area contributed by atoms with Gasteiger partial charge in [0.25, 0.3) is 0 Å². The summed E-state index contributed by atoms with van der Waals surface area (Å²) in [5.41, 5.74) is 0. The van der Waals surface area contributed by atoms with E-state index in [-0.39, 0.29) is 12.1 Å². The molecular formula is C8H16N2O2. The van der Waals surface area contributed by atoms with Crippen molar-refractivity contribution in [2.45, 2.75) is 19.4 Å². The van der Waals surface area contributed by atoms with E-state index in [1.165, 1.54) is 0 Å². The van der Waals surface area contributed by atoms with Crippen molar-refractivity contribution < 1.29 is 9.53 Å². The van der Waals surface area contributed by atoms with E-state index in [0.717, 1.165) is 19.6 Å². The fourth-order valence-electron chi connectivity index (χ4n) is 1.34. The highest BCUT2D eigenvalue weighted by Crippen LogP contribution is 2.04. The molecule has 0 aromatic heterocycles. The molecule has 0 aromatic rings. The molecule has 1 unspecified atom stereocenters. The highest BCUT2D eigenvalue weighted by atomic mass is 16.5. The van der Waals surface area contributed by atoms with Crippen molar-refractivity contribution >= 4 is 6.03 Å². The van der Waals surface area contributed by atoms with Gasteiger partial charge in [-0.3, -0.25) is 0 Å². The van der Waals surface area contributed by atoms with Crippen LogP contribution in [0.15, 0.2) is 0 Å². The highest BCUT2D eigenvalue weighted by molar-refractivity contribution is 5.73. The second-order valence-electron chi connectivity index (χ2n) is 3.04. The molecule has 1 rings (SSSR count). The summed E-state index contributed by atoms with van der Waals surface area (Å²) in [6.45, 7) is 4.24. The third kappa shape index (κ3) is 2.37. The van der Waals surface area contributed by atoms with Crippen molar-refractivity contribution in [3.05, 3.63) is 0 Å². The summed E-state index contributed by atoms with van der Waals surface area (Å²) in [4.78, 5) is 13.0. The summed E-state index contributed by atoms with van der Waals surface area (Å²) >= 11 is 0. The Morgan fingerprint density at radius 2 is 2.42 bits per heavy atom. The Morgan fingerprint density at radius 1 is 1.67 bits per heavy atom. The van der Waals surface area contributed by atoms with Crippen LogP contribution in [-0.4, -0.2) is 43.8 Å². The molecule has 70 valence electrons. The zero-order chi connectivity index (χ0) is 8.97. The molecule has 0 spiro atoms. The summed E-state index contributed by atoms with van der Waals surface area (Å²) in [7, 11) is 1.65. The number of amides is 2. The third-order valence-electron chi connectivity index (χ3n) is 1.95. The Morgan fingerprint density at radius 3 is 3.08 bits per heavy atom. The van der Waals surface area contributed by atoms with Crippen LogP contribution in [0.4, 0.5) is 4.79 Å². The zero-order valence-electron chi connectivity index (χ0n) is 7.67. The molecule has 1 heterocycles. The van der Waals surface area contributed by atoms with Gasteiger partial charge in [-0.2, -0.15) is 0 Å². The Bertz CT molecular complexity index is 161. The van der Waals surface area contributed by atoms with Gasteiger partial charge >= 0.3 is 6.03 Å². The van der Waals surface area contributed by atoms with Crippen molar-refractivity contribution in [3.63, 3.8) is 0 Å². The number of rotatable bonds is 0. The van der Waals surface area contributed by atoms with Crippen molar-refractivity contribution in [2.24, 2.45) is 0 Å². The number of urea groups is 1. The van der Waals surface area contributed by atoms with E-state index < -0.39 is 0 Å². The predicted molar refractivity (Wildman–Crippen MR) is 46.1 cm³/mol. The summed E-state index contributed by atoms with van der Waals surface area (Å²) in [6.07, 6.45) is 1.09. The predicted octanol–water partition coefficient (Wildman–Crippen LogP) is 0.437. The van der Waals surface area contributed by atoms with E-state index in [2.05, 4.69) is 5.32 Å². The minimum Gasteiger partial charge on any atom is -0.377 e. The van der Waals surface area contributed by atoms with E-state index in [1.54, 1.807) is 11.9 Å². The monoisotopic (exact) mass is 172 g/mol. The number of ether oxygens (including phenoxy) is 1. The number of hydrogen-bond donors (Lipinski definition) is 1.